The quantitative estimate of drug-likeness (QED) is 0.327. The van der Waals surface area contributed by atoms with E-state index in [9.17, 15) is 19.5 Å². The highest BCUT2D eigenvalue weighted by molar-refractivity contribution is 6.12. The third-order valence-corrected chi connectivity index (χ3v) is 5.04. The highest BCUT2D eigenvalue weighted by Crippen LogP contribution is 2.27. The van der Waals surface area contributed by atoms with Gasteiger partial charge in [-0.2, -0.15) is 5.10 Å². The Hall–Kier alpha value is -4.20. The van der Waals surface area contributed by atoms with Crippen LogP contribution >= 0.6 is 0 Å². The zero-order valence-electron chi connectivity index (χ0n) is 17.0. The molecule has 8 nitrogen and oxygen atoms in total. The largest absolute Gasteiger partial charge is 0.494 e. The summed E-state index contributed by atoms with van der Waals surface area (Å²) in [7, 11) is 0. The maximum absolute atomic E-state index is 12.9. The lowest BCUT2D eigenvalue weighted by molar-refractivity contribution is 0.101. The summed E-state index contributed by atoms with van der Waals surface area (Å²) in [5.41, 5.74) is 3.28. The van der Waals surface area contributed by atoms with E-state index in [-0.39, 0.29) is 23.1 Å². The predicted molar refractivity (Wildman–Crippen MR) is 116 cm³/mol. The first kappa shape index (κ1) is 20.1. The van der Waals surface area contributed by atoms with Gasteiger partial charge in [0.2, 0.25) is 0 Å². The average Bonchev–Trinajstić information content (AvgIpc) is 3.31. The van der Waals surface area contributed by atoms with E-state index in [0.717, 1.165) is 5.69 Å². The fraction of sp³-hybridized carbons (Fsp3) is 0.130. The molecule has 0 atom stereocenters. The van der Waals surface area contributed by atoms with Gasteiger partial charge in [-0.3, -0.25) is 19.1 Å². The number of amides is 1. The van der Waals surface area contributed by atoms with Gasteiger partial charge in [0, 0.05) is 34.3 Å². The summed E-state index contributed by atoms with van der Waals surface area (Å²) >= 11 is 0. The number of hydrogen-bond acceptors (Lipinski definition) is 5. The number of carbonyl (C=O) groups is 3. The summed E-state index contributed by atoms with van der Waals surface area (Å²) in [6.07, 6.45) is 0.548. The van der Waals surface area contributed by atoms with Gasteiger partial charge in [-0.1, -0.05) is 0 Å². The van der Waals surface area contributed by atoms with Crippen molar-refractivity contribution >= 4 is 34.6 Å². The molecule has 3 N–H and O–H groups in total. The Morgan fingerprint density at radius 3 is 2.52 bits per heavy atom. The molecule has 0 aliphatic rings. The molecule has 2 aromatic carbocycles. The first-order valence-electron chi connectivity index (χ1n) is 9.71. The molecule has 0 saturated heterocycles. The van der Waals surface area contributed by atoms with Crippen molar-refractivity contribution in [3.63, 3.8) is 0 Å². The van der Waals surface area contributed by atoms with E-state index in [0.29, 0.717) is 46.2 Å². The summed E-state index contributed by atoms with van der Waals surface area (Å²) in [4.78, 5) is 39.3. The number of nitrogens with zero attached hydrogens (tertiary/aromatic N) is 2. The minimum Gasteiger partial charge on any atom is -0.494 e. The van der Waals surface area contributed by atoms with Crippen molar-refractivity contribution in [2.45, 2.75) is 20.4 Å². The number of aryl methyl sites for hydroxylation is 2. The standard InChI is InChI=1S/C23H20N4O4/c1-3-27-20(10-13(2)26-27)23(31)24-16-7-4-14(5-8-16)21(29)15-6-9-19-17(11-15)18(12-28)22(30)25-19/h4-12,25,30H,3H2,1-2H3,(H,24,31). The molecule has 4 rings (SSSR count). The number of fused-ring (bicyclic) bond motifs is 1. The summed E-state index contributed by atoms with van der Waals surface area (Å²) in [5.74, 6) is -0.744. The molecule has 0 saturated carbocycles. The Morgan fingerprint density at radius 2 is 1.84 bits per heavy atom. The second kappa shape index (κ2) is 7.91. The van der Waals surface area contributed by atoms with Crippen LogP contribution in [0.2, 0.25) is 0 Å². The van der Waals surface area contributed by atoms with Gasteiger partial charge in [0.15, 0.2) is 17.9 Å². The Labute approximate surface area is 177 Å². The van der Waals surface area contributed by atoms with Crippen molar-refractivity contribution in [2.24, 2.45) is 0 Å². The molecular weight excluding hydrogens is 396 g/mol. The molecule has 2 heterocycles. The van der Waals surface area contributed by atoms with E-state index in [1.54, 1.807) is 53.2 Å². The number of H-pyrrole nitrogens is 1. The van der Waals surface area contributed by atoms with Gasteiger partial charge in [0.25, 0.3) is 5.91 Å². The van der Waals surface area contributed by atoms with E-state index in [2.05, 4.69) is 15.4 Å². The molecule has 0 unspecified atom stereocenters. The average molecular weight is 416 g/mol. The zero-order chi connectivity index (χ0) is 22.1. The van der Waals surface area contributed by atoms with Crippen molar-refractivity contribution in [3.05, 3.63) is 76.6 Å². The number of carbonyl (C=O) groups excluding carboxylic acids is 3. The minimum atomic E-state index is -0.277. The number of aromatic hydroxyl groups is 1. The lowest BCUT2D eigenvalue weighted by Gasteiger charge is -2.08. The second-order valence-corrected chi connectivity index (χ2v) is 7.11. The highest BCUT2D eigenvalue weighted by Gasteiger charge is 2.16. The monoisotopic (exact) mass is 416 g/mol. The topological polar surface area (TPSA) is 117 Å². The molecule has 156 valence electrons. The van der Waals surface area contributed by atoms with Gasteiger partial charge >= 0.3 is 0 Å². The second-order valence-electron chi connectivity index (χ2n) is 7.11. The van der Waals surface area contributed by atoms with Gasteiger partial charge < -0.3 is 15.4 Å². The van der Waals surface area contributed by atoms with Crippen LogP contribution in [-0.4, -0.2) is 37.8 Å². The van der Waals surface area contributed by atoms with Gasteiger partial charge in [0.05, 0.1) is 11.3 Å². The van der Waals surface area contributed by atoms with E-state index in [4.69, 9.17) is 0 Å². The molecule has 0 radical (unpaired) electrons. The van der Waals surface area contributed by atoms with Gasteiger partial charge in [-0.25, -0.2) is 0 Å². The number of nitrogens with one attached hydrogen (secondary N) is 2. The molecule has 2 aromatic heterocycles. The molecule has 8 heteroatoms. The first-order chi connectivity index (χ1) is 14.9. The summed E-state index contributed by atoms with van der Waals surface area (Å²) in [6, 6.07) is 13.1. The number of anilines is 1. The molecule has 4 aromatic rings. The Morgan fingerprint density at radius 1 is 1.13 bits per heavy atom. The smallest absolute Gasteiger partial charge is 0.273 e. The van der Waals surface area contributed by atoms with E-state index in [1.165, 1.54) is 0 Å². The molecule has 31 heavy (non-hydrogen) atoms. The van der Waals surface area contributed by atoms with Crippen molar-refractivity contribution in [2.75, 3.05) is 5.32 Å². The van der Waals surface area contributed by atoms with Gasteiger partial charge in [0.1, 0.15) is 5.69 Å². The van der Waals surface area contributed by atoms with Crippen LogP contribution in [0.4, 0.5) is 5.69 Å². The number of hydrogen-bond donors (Lipinski definition) is 3. The lowest BCUT2D eigenvalue weighted by Crippen LogP contribution is -2.17. The predicted octanol–water partition coefficient (Wildman–Crippen LogP) is 3.69. The number of rotatable bonds is 6. The van der Waals surface area contributed by atoms with Crippen molar-refractivity contribution in [1.82, 2.24) is 14.8 Å². The molecular formula is C23H20N4O4. The number of ketones is 1. The van der Waals surface area contributed by atoms with E-state index >= 15 is 0 Å². The molecule has 0 aliphatic carbocycles. The maximum atomic E-state index is 12.9. The van der Waals surface area contributed by atoms with Crippen LogP contribution < -0.4 is 5.32 Å². The van der Waals surface area contributed by atoms with Crippen molar-refractivity contribution in [3.8, 4) is 5.88 Å². The van der Waals surface area contributed by atoms with Crippen LogP contribution in [0.15, 0.2) is 48.5 Å². The fourth-order valence-electron chi connectivity index (χ4n) is 3.50. The molecule has 0 fully saturated rings. The third kappa shape index (κ3) is 3.71. The van der Waals surface area contributed by atoms with Crippen LogP contribution in [0.25, 0.3) is 10.9 Å². The number of aromatic nitrogens is 3. The minimum absolute atomic E-state index is 0.115. The Balaban J connectivity index is 1.55. The van der Waals surface area contributed by atoms with Crippen molar-refractivity contribution in [1.29, 1.82) is 0 Å². The van der Waals surface area contributed by atoms with Gasteiger partial charge in [-0.05, 0) is 62.4 Å². The Bertz CT molecular complexity index is 1320. The van der Waals surface area contributed by atoms with Crippen LogP contribution in [0.5, 0.6) is 5.88 Å². The van der Waals surface area contributed by atoms with Crippen LogP contribution in [-0.2, 0) is 6.54 Å². The zero-order valence-corrected chi connectivity index (χ0v) is 17.0. The van der Waals surface area contributed by atoms with Crippen LogP contribution in [0.3, 0.4) is 0 Å². The maximum Gasteiger partial charge on any atom is 0.273 e. The molecule has 0 bridgehead atoms. The normalized spacial score (nSPS) is 10.9. The third-order valence-electron chi connectivity index (χ3n) is 5.04. The molecule has 0 aliphatic heterocycles. The lowest BCUT2D eigenvalue weighted by atomic mass is 10.0. The number of benzene rings is 2. The van der Waals surface area contributed by atoms with Crippen LogP contribution in [0.1, 0.15) is 49.4 Å². The van der Waals surface area contributed by atoms with E-state index < -0.39 is 0 Å². The van der Waals surface area contributed by atoms with Crippen LogP contribution in [0, 0.1) is 6.92 Å². The molecule has 1 amide bonds. The fourth-order valence-corrected chi connectivity index (χ4v) is 3.50. The number of aldehydes is 1. The van der Waals surface area contributed by atoms with Crippen molar-refractivity contribution < 1.29 is 19.5 Å². The Kier molecular flexibility index (Phi) is 5.12. The number of aromatic amines is 1. The highest BCUT2D eigenvalue weighted by atomic mass is 16.3. The van der Waals surface area contributed by atoms with Gasteiger partial charge in [-0.15, -0.1) is 0 Å². The summed E-state index contributed by atoms with van der Waals surface area (Å²) < 4.78 is 1.63. The SMILES string of the molecule is CCn1nc(C)cc1C(=O)Nc1ccc(C(=O)c2ccc3[nH]c(O)c(C=O)c3c2)cc1. The first-order valence-corrected chi connectivity index (χ1v) is 9.71. The molecule has 0 spiro atoms. The summed E-state index contributed by atoms with van der Waals surface area (Å²) in [6.45, 7) is 4.32. The van der Waals surface area contributed by atoms with E-state index in [1.807, 2.05) is 13.8 Å². The summed E-state index contributed by atoms with van der Waals surface area (Å²) in [5, 5.41) is 17.3.